The Balaban J connectivity index is 1.55. The fourth-order valence-electron chi connectivity index (χ4n) is 5.30. The molecule has 0 aromatic rings. The predicted molar refractivity (Wildman–Crippen MR) is 82.2 cm³/mol. The van der Waals surface area contributed by atoms with Gasteiger partial charge in [0.2, 0.25) is 0 Å². The average Bonchev–Trinajstić information content (AvgIpc) is 3.07. The highest BCUT2D eigenvalue weighted by atomic mass is 14.9. The maximum Gasteiger partial charge on any atom is 0.00980 e. The van der Waals surface area contributed by atoms with E-state index in [2.05, 4.69) is 12.2 Å². The molecule has 3 aliphatic rings. The van der Waals surface area contributed by atoms with Gasteiger partial charge in [-0.3, -0.25) is 0 Å². The zero-order valence-corrected chi connectivity index (χ0v) is 12.9. The third-order valence-corrected chi connectivity index (χ3v) is 6.32. The van der Waals surface area contributed by atoms with Crippen molar-refractivity contribution in [1.82, 2.24) is 5.32 Å². The lowest BCUT2D eigenvalue weighted by molar-refractivity contribution is 0.203. The highest BCUT2D eigenvalue weighted by Gasteiger charge is 2.40. The number of hydrogen-bond donors (Lipinski definition) is 1. The lowest BCUT2D eigenvalue weighted by Gasteiger charge is -2.35. The summed E-state index contributed by atoms with van der Waals surface area (Å²) in [6.07, 6.45) is 16.5. The maximum absolute atomic E-state index is 3.93. The lowest BCUT2D eigenvalue weighted by atomic mass is 9.77. The van der Waals surface area contributed by atoms with Crippen molar-refractivity contribution >= 4 is 0 Å². The van der Waals surface area contributed by atoms with Crippen LogP contribution in [-0.4, -0.2) is 12.6 Å². The summed E-state index contributed by atoms with van der Waals surface area (Å²) in [5, 5.41) is 3.93. The van der Waals surface area contributed by atoms with Crippen molar-refractivity contribution in [2.45, 2.75) is 83.6 Å². The van der Waals surface area contributed by atoms with E-state index in [4.69, 9.17) is 0 Å². The van der Waals surface area contributed by atoms with Gasteiger partial charge in [-0.05, 0) is 75.2 Å². The lowest BCUT2D eigenvalue weighted by Crippen LogP contribution is -2.40. The first-order valence-electron chi connectivity index (χ1n) is 9.10. The fraction of sp³-hybridized carbons (Fsp3) is 1.00. The van der Waals surface area contributed by atoms with Gasteiger partial charge in [0.15, 0.2) is 0 Å². The van der Waals surface area contributed by atoms with Crippen LogP contribution in [0.3, 0.4) is 0 Å². The standard InChI is InChI=1S/C18H33N/c1-2-10-19-18(15-6-4-3-5-7-15)13-17-12-14-8-9-16(17)11-14/h14-19H,2-13H2,1H3. The molecule has 1 N–H and O–H groups in total. The molecule has 4 atom stereocenters. The van der Waals surface area contributed by atoms with Crippen molar-refractivity contribution in [1.29, 1.82) is 0 Å². The number of fused-ring (bicyclic) bond motifs is 2. The van der Waals surface area contributed by atoms with E-state index in [-0.39, 0.29) is 0 Å². The molecule has 1 heteroatoms. The molecule has 3 saturated carbocycles. The van der Waals surface area contributed by atoms with Gasteiger partial charge in [0, 0.05) is 6.04 Å². The molecule has 0 aromatic carbocycles. The van der Waals surface area contributed by atoms with Gasteiger partial charge in [-0.1, -0.05) is 32.6 Å². The van der Waals surface area contributed by atoms with E-state index in [1.54, 1.807) is 25.7 Å². The molecule has 0 aliphatic heterocycles. The SMILES string of the molecule is CCCNC(CC1CC2CCC1C2)C1CCCCC1. The van der Waals surface area contributed by atoms with Gasteiger partial charge in [0.1, 0.15) is 0 Å². The molecule has 4 unspecified atom stereocenters. The predicted octanol–water partition coefficient (Wildman–Crippen LogP) is 4.76. The summed E-state index contributed by atoms with van der Waals surface area (Å²) in [5.41, 5.74) is 0. The minimum atomic E-state index is 0.851. The molecular formula is C18H33N. The molecular weight excluding hydrogens is 230 g/mol. The Morgan fingerprint density at radius 2 is 1.84 bits per heavy atom. The smallest absolute Gasteiger partial charge is 0.00980 e. The first kappa shape index (κ1) is 13.9. The molecule has 110 valence electrons. The summed E-state index contributed by atoms with van der Waals surface area (Å²) < 4.78 is 0. The normalized spacial score (nSPS) is 36.8. The monoisotopic (exact) mass is 263 g/mol. The van der Waals surface area contributed by atoms with Crippen molar-refractivity contribution < 1.29 is 0 Å². The molecule has 3 aliphatic carbocycles. The van der Waals surface area contributed by atoms with Crippen LogP contribution in [0.1, 0.15) is 77.6 Å². The van der Waals surface area contributed by atoms with E-state index in [1.807, 2.05) is 0 Å². The van der Waals surface area contributed by atoms with E-state index >= 15 is 0 Å². The van der Waals surface area contributed by atoms with Gasteiger partial charge in [0.05, 0.1) is 0 Å². The molecule has 0 radical (unpaired) electrons. The van der Waals surface area contributed by atoms with E-state index < -0.39 is 0 Å². The quantitative estimate of drug-likeness (QED) is 0.728. The zero-order valence-electron chi connectivity index (χ0n) is 12.9. The van der Waals surface area contributed by atoms with Crippen molar-refractivity contribution in [2.75, 3.05) is 6.54 Å². The van der Waals surface area contributed by atoms with Crippen LogP contribution in [0.4, 0.5) is 0 Å². The van der Waals surface area contributed by atoms with Crippen molar-refractivity contribution in [3.8, 4) is 0 Å². The Morgan fingerprint density at radius 3 is 2.47 bits per heavy atom. The van der Waals surface area contributed by atoms with E-state index in [0.29, 0.717) is 0 Å². The summed E-state index contributed by atoms with van der Waals surface area (Å²) in [7, 11) is 0. The van der Waals surface area contributed by atoms with Gasteiger partial charge in [-0.2, -0.15) is 0 Å². The number of hydrogen-bond acceptors (Lipinski definition) is 1. The van der Waals surface area contributed by atoms with Gasteiger partial charge < -0.3 is 5.32 Å². The third kappa shape index (κ3) is 3.35. The van der Waals surface area contributed by atoms with Crippen LogP contribution in [0, 0.1) is 23.7 Å². The molecule has 0 aromatic heterocycles. The van der Waals surface area contributed by atoms with Gasteiger partial charge in [0.25, 0.3) is 0 Å². The molecule has 0 amide bonds. The van der Waals surface area contributed by atoms with Crippen molar-refractivity contribution in [3.63, 3.8) is 0 Å². The second-order valence-corrected chi connectivity index (χ2v) is 7.63. The Kier molecular flexibility index (Phi) is 4.84. The summed E-state index contributed by atoms with van der Waals surface area (Å²) in [4.78, 5) is 0. The Labute approximate surface area is 119 Å². The van der Waals surface area contributed by atoms with Crippen molar-refractivity contribution in [2.24, 2.45) is 23.7 Å². The Bertz CT molecular complexity index is 269. The first-order chi connectivity index (χ1) is 9.36. The third-order valence-electron chi connectivity index (χ3n) is 6.32. The zero-order chi connectivity index (χ0) is 13.1. The van der Waals surface area contributed by atoms with Crippen LogP contribution in [0.15, 0.2) is 0 Å². The summed E-state index contributed by atoms with van der Waals surface area (Å²) in [5.74, 6) is 4.31. The molecule has 0 saturated heterocycles. The number of rotatable bonds is 6. The Morgan fingerprint density at radius 1 is 1.00 bits per heavy atom. The summed E-state index contributed by atoms with van der Waals surface area (Å²) in [6.45, 7) is 3.55. The van der Waals surface area contributed by atoms with Crippen LogP contribution in [0.2, 0.25) is 0 Å². The highest BCUT2D eigenvalue weighted by Crippen LogP contribution is 2.50. The van der Waals surface area contributed by atoms with Crippen molar-refractivity contribution in [3.05, 3.63) is 0 Å². The maximum atomic E-state index is 3.93. The largest absolute Gasteiger partial charge is 0.314 e. The second-order valence-electron chi connectivity index (χ2n) is 7.63. The summed E-state index contributed by atoms with van der Waals surface area (Å²) >= 11 is 0. The highest BCUT2D eigenvalue weighted by molar-refractivity contribution is 4.93. The van der Waals surface area contributed by atoms with E-state index in [0.717, 1.165) is 29.7 Å². The molecule has 0 heterocycles. The second kappa shape index (κ2) is 6.61. The fourth-order valence-corrected chi connectivity index (χ4v) is 5.30. The van der Waals surface area contributed by atoms with Gasteiger partial charge in [-0.25, -0.2) is 0 Å². The van der Waals surface area contributed by atoms with Gasteiger partial charge >= 0.3 is 0 Å². The van der Waals surface area contributed by atoms with Gasteiger partial charge in [-0.15, -0.1) is 0 Å². The van der Waals surface area contributed by atoms with Crippen LogP contribution in [0.5, 0.6) is 0 Å². The average molecular weight is 263 g/mol. The topological polar surface area (TPSA) is 12.0 Å². The Hall–Kier alpha value is -0.0400. The molecule has 3 rings (SSSR count). The molecule has 0 spiro atoms. The van der Waals surface area contributed by atoms with Crippen LogP contribution >= 0.6 is 0 Å². The van der Waals surface area contributed by atoms with E-state index in [1.165, 1.54) is 51.5 Å². The minimum absolute atomic E-state index is 0.851. The van der Waals surface area contributed by atoms with Crippen LogP contribution in [-0.2, 0) is 0 Å². The van der Waals surface area contributed by atoms with Crippen LogP contribution in [0.25, 0.3) is 0 Å². The molecule has 3 fully saturated rings. The minimum Gasteiger partial charge on any atom is -0.314 e. The molecule has 19 heavy (non-hydrogen) atoms. The summed E-state index contributed by atoms with van der Waals surface area (Å²) in [6, 6.07) is 0.851. The van der Waals surface area contributed by atoms with Crippen LogP contribution < -0.4 is 5.32 Å². The first-order valence-corrected chi connectivity index (χ1v) is 9.10. The van der Waals surface area contributed by atoms with E-state index in [9.17, 15) is 0 Å². The number of nitrogens with one attached hydrogen (secondary N) is 1. The molecule has 2 bridgehead atoms. The molecule has 1 nitrogen and oxygen atoms in total.